The van der Waals surface area contributed by atoms with E-state index < -0.39 is 6.09 Å². The quantitative estimate of drug-likeness (QED) is 0.440. The van der Waals surface area contributed by atoms with E-state index in [0.717, 1.165) is 11.5 Å². The molecule has 0 saturated heterocycles. The van der Waals surface area contributed by atoms with Gasteiger partial charge in [0.1, 0.15) is 12.4 Å². The fourth-order valence-electron chi connectivity index (χ4n) is 2.42. The van der Waals surface area contributed by atoms with Crippen LogP contribution >= 0.6 is 34.7 Å². The van der Waals surface area contributed by atoms with Gasteiger partial charge in [-0.15, -0.1) is 0 Å². The summed E-state index contributed by atoms with van der Waals surface area (Å²) in [5.41, 5.74) is 2.62. The number of benzene rings is 2. The van der Waals surface area contributed by atoms with Crippen molar-refractivity contribution in [3.8, 4) is 10.4 Å². The van der Waals surface area contributed by atoms with Crippen LogP contribution in [0.4, 0.5) is 14.9 Å². The summed E-state index contributed by atoms with van der Waals surface area (Å²) in [5.74, 6) is -0.382. The average Bonchev–Trinajstić information content (AvgIpc) is 3.06. The fraction of sp³-hybridized carbons (Fsp3) is 0.238. The molecule has 0 spiro atoms. The third kappa shape index (κ3) is 5.69. The Labute approximate surface area is 183 Å². The van der Waals surface area contributed by atoms with Gasteiger partial charge in [-0.2, -0.15) is 4.37 Å². The average molecular weight is 455 g/mol. The number of carbonyl (C=O) groups excluding carboxylic acids is 1. The molecule has 8 heteroatoms. The van der Waals surface area contributed by atoms with Crippen molar-refractivity contribution < 1.29 is 13.9 Å². The monoisotopic (exact) mass is 454 g/mol. The van der Waals surface area contributed by atoms with Gasteiger partial charge in [0.2, 0.25) is 0 Å². The Kier molecular flexibility index (Phi) is 8.44. The molecule has 1 amide bonds. The summed E-state index contributed by atoms with van der Waals surface area (Å²) in [4.78, 5) is 12.8. The lowest BCUT2D eigenvalue weighted by molar-refractivity contribution is 0.155. The number of halogens is 3. The molecule has 0 aliphatic heterocycles. The van der Waals surface area contributed by atoms with E-state index in [4.69, 9.17) is 27.9 Å². The third-order valence-electron chi connectivity index (χ3n) is 3.90. The number of anilines is 1. The molecule has 0 aliphatic carbocycles. The van der Waals surface area contributed by atoms with Crippen LogP contribution < -0.4 is 5.32 Å². The molecule has 2 aromatic carbocycles. The Morgan fingerprint density at radius 1 is 1.17 bits per heavy atom. The maximum absolute atomic E-state index is 14.0. The summed E-state index contributed by atoms with van der Waals surface area (Å²) in [7, 11) is 0. The van der Waals surface area contributed by atoms with E-state index in [1.165, 1.54) is 6.07 Å². The molecule has 1 heterocycles. The summed E-state index contributed by atoms with van der Waals surface area (Å²) in [6, 6.07) is 9.97. The molecule has 1 N–H and O–H groups in total. The standard InChI is InChI=1S/C19H15Cl2FN2O2S.C2H6/c1-10-7-15(21)13(8-16(10)22)18-17(11(2)24-27-18)23-19(25)26-9-12-5-3-4-6-14(12)20;1-2/h3-8H,9H2,1-2H3,(H,23,25);1-2H3. The van der Waals surface area contributed by atoms with Gasteiger partial charge in [-0.1, -0.05) is 55.2 Å². The van der Waals surface area contributed by atoms with Crippen molar-refractivity contribution >= 4 is 46.5 Å². The molecule has 154 valence electrons. The van der Waals surface area contributed by atoms with E-state index in [-0.39, 0.29) is 12.4 Å². The lowest BCUT2D eigenvalue weighted by Crippen LogP contribution is -2.14. The minimum Gasteiger partial charge on any atom is -0.444 e. The SMILES string of the molecule is CC.Cc1cc(Cl)c(-c2snc(C)c2NC(=O)OCc2ccccc2Cl)cc1F. The molecule has 0 fully saturated rings. The topological polar surface area (TPSA) is 51.2 Å². The Hall–Kier alpha value is -2.15. The molecule has 3 aromatic rings. The highest BCUT2D eigenvalue weighted by Crippen LogP contribution is 2.39. The number of rotatable bonds is 4. The Bertz CT molecular complexity index is 1010. The Morgan fingerprint density at radius 3 is 2.55 bits per heavy atom. The Balaban J connectivity index is 0.00000145. The number of carbonyl (C=O) groups is 1. The minimum atomic E-state index is -0.664. The van der Waals surface area contributed by atoms with Gasteiger partial charge in [0, 0.05) is 21.2 Å². The van der Waals surface area contributed by atoms with Crippen LogP contribution in [0.15, 0.2) is 36.4 Å². The van der Waals surface area contributed by atoms with Crippen molar-refractivity contribution in [3.05, 3.63) is 69.1 Å². The molecule has 0 radical (unpaired) electrons. The lowest BCUT2D eigenvalue weighted by atomic mass is 10.1. The van der Waals surface area contributed by atoms with Crippen molar-refractivity contribution in [1.29, 1.82) is 0 Å². The molecule has 29 heavy (non-hydrogen) atoms. The zero-order valence-electron chi connectivity index (χ0n) is 16.5. The number of ether oxygens (including phenoxy) is 1. The maximum atomic E-state index is 14.0. The van der Waals surface area contributed by atoms with Crippen LogP contribution in [-0.2, 0) is 11.3 Å². The fourth-order valence-corrected chi connectivity index (χ4v) is 3.85. The summed E-state index contributed by atoms with van der Waals surface area (Å²) < 4.78 is 23.5. The zero-order chi connectivity index (χ0) is 21.6. The van der Waals surface area contributed by atoms with Gasteiger partial charge in [0.25, 0.3) is 0 Å². The first-order chi connectivity index (χ1) is 13.9. The molecular formula is C21H21Cl2FN2O2S. The van der Waals surface area contributed by atoms with Crippen LogP contribution in [-0.4, -0.2) is 10.5 Å². The predicted molar refractivity (Wildman–Crippen MR) is 119 cm³/mol. The summed E-state index contributed by atoms with van der Waals surface area (Å²) in [5, 5.41) is 3.57. The normalized spacial score (nSPS) is 10.2. The van der Waals surface area contributed by atoms with Gasteiger partial charge in [0.15, 0.2) is 0 Å². The number of aromatic nitrogens is 1. The van der Waals surface area contributed by atoms with E-state index >= 15 is 0 Å². The zero-order valence-corrected chi connectivity index (χ0v) is 18.8. The molecule has 0 aliphatic rings. The van der Waals surface area contributed by atoms with Crippen LogP contribution in [0, 0.1) is 19.7 Å². The molecule has 4 nitrogen and oxygen atoms in total. The Morgan fingerprint density at radius 2 is 1.86 bits per heavy atom. The minimum absolute atomic E-state index is 0.0252. The summed E-state index contributed by atoms with van der Waals surface area (Å²) in [6.07, 6.45) is -0.664. The predicted octanol–water partition coefficient (Wildman–Crippen LogP) is 7.65. The second-order valence-electron chi connectivity index (χ2n) is 5.85. The molecule has 0 atom stereocenters. The van der Waals surface area contributed by atoms with Gasteiger partial charge in [-0.25, -0.2) is 9.18 Å². The number of hydrogen-bond acceptors (Lipinski definition) is 4. The van der Waals surface area contributed by atoms with E-state index in [2.05, 4.69) is 9.69 Å². The van der Waals surface area contributed by atoms with Crippen molar-refractivity contribution in [3.63, 3.8) is 0 Å². The summed E-state index contributed by atoms with van der Waals surface area (Å²) in [6.45, 7) is 7.40. The van der Waals surface area contributed by atoms with Crippen molar-refractivity contribution in [2.45, 2.75) is 34.3 Å². The van der Waals surface area contributed by atoms with Crippen molar-refractivity contribution in [1.82, 2.24) is 4.37 Å². The summed E-state index contributed by atoms with van der Waals surface area (Å²) >= 11 is 13.4. The van der Waals surface area contributed by atoms with E-state index in [9.17, 15) is 9.18 Å². The molecule has 0 bridgehead atoms. The van der Waals surface area contributed by atoms with Crippen molar-refractivity contribution in [2.75, 3.05) is 5.32 Å². The van der Waals surface area contributed by atoms with Gasteiger partial charge in [-0.3, -0.25) is 5.32 Å². The van der Waals surface area contributed by atoms with Gasteiger partial charge in [0.05, 0.1) is 16.3 Å². The molecule has 0 unspecified atom stereocenters. The van der Waals surface area contributed by atoms with Gasteiger partial charge >= 0.3 is 6.09 Å². The van der Waals surface area contributed by atoms with E-state index in [1.54, 1.807) is 38.1 Å². The highest BCUT2D eigenvalue weighted by Gasteiger charge is 2.19. The number of aryl methyl sites for hydroxylation is 2. The second-order valence-corrected chi connectivity index (χ2v) is 7.43. The van der Waals surface area contributed by atoms with Crippen LogP contribution in [0.25, 0.3) is 10.4 Å². The molecule has 1 aromatic heterocycles. The van der Waals surface area contributed by atoms with Crippen LogP contribution in [0.2, 0.25) is 10.0 Å². The van der Waals surface area contributed by atoms with Gasteiger partial charge in [-0.05, 0) is 49.1 Å². The maximum Gasteiger partial charge on any atom is 0.412 e. The number of hydrogen-bond donors (Lipinski definition) is 1. The van der Waals surface area contributed by atoms with E-state index in [0.29, 0.717) is 43.0 Å². The van der Waals surface area contributed by atoms with Crippen LogP contribution in [0.1, 0.15) is 30.7 Å². The smallest absolute Gasteiger partial charge is 0.412 e. The lowest BCUT2D eigenvalue weighted by Gasteiger charge is -2.10. The number of amides is 1. The second kappa shape index (κ2) is 10.6. The first-order valence-electron chi connectivity index (χ1n) is 8.96. The third-order valence-corrected chi connectivity index (χ3v) is 5.55. The number of nitrogens with one attached hydrogen (secondary N) is 1. The first-order valence-corrected chi connectivity index (χ1v) is 10.5. The highest BCUT2D eigenvalue weighted by molar-refractivity contribution is 7.10. The van der Waals surface area contributed by atoms with Crippen molar-refractivity contribution in [2.24, 2.45) is 0 Å². The molecule has 3 rings (SSSR count). The van der Waals surface area contributed by atoms with E-state index in [1.807, 2.05) is 19.9 Å². The van der Waals surface area contributed by atoms with Crippen LogP contribution in [0.5, 0.6) is 0 Å². The molecular weight excluding hydrogens is 434 g/mol. The number of nitrogens with zero attached hydrogens (tertiary/aromatic N) is 1. The van der Waals surface area contributed by atoms with Gasteiger partial charge < -0.3 is 4.74 Å². The van der Waals surface area contributed by atoms with Crippen LogP contribution in [0.3, 0.4) is 0 Å². The highest BCUT2D eigenvalue weighted by atomic mass is 35.5. The largest absolute Gasteiger partial charge is 0.444 e. The first kappa shape index (κ1) is 23.1. The molecule has 0 saturated carbocycles.